The Balaban J connectivity index is 2.62. The van der Waals surface area contributed by atoms with Crippen LogP contribution in [0.2, 0.25) is 0 Å². The number of hydrogen-bond donors (Lipinski definition) is 0. The van der Waals surface area contributed by atoms with E-state index in [1.807, 2.05) is 0 Å². The minimum Gasteiger partial charge on any atom is -0.465 e. The number of hydrogen-bond acceptors (Lipinski definition) is 4. The zero-order valence-electron chi connectivity index (χ0n) is 11.8. The molecule has 0 aromatic carbocycles. The van der Waals surface area contributed by atoms with Crippen molar-refractivity contribution in [2.75, 3.05) is 6.61 Å². The smallest absolute Gasteiger partial charge is 0.327 e. The molecule has 0 aliphatic rings. The van der Waals surface area contributed by atoms with Crippen LogP contribution in [0.1, 0.15) is 36.7 Å². The van der Waals surface area contributed by atoms with Crippen molar-refractivity contribution in [1.29, 1.82) is 0 Å². The zero-order valence-corrected chi connectivity index (χ0v) is 11.8. The molecule has 0 N–H and O–H groups in total. The van der Waals surface area contributed by atoms with Crippen LogP contribution < -0.4 is 0 Å². The van der Waals surface area contributed by atoms with E-state index in [4.69, 9.17) is 4.74 Å². The third-order valence-electron chi connectivity index (χ3n) is 2.97. The standard InChI is InChI=1S/C13H13F4N3O2/c1-3-22-9(21)5-20-13-10(6(2)19-20)7(11(14)15)4-8(18-13)12(16)17/h4,11-12H,3,5H2,1-2H3. The number of rotatable bonds is 5. The summed E-state index contributed by atoms with van der Waals surface area (Å²) in [7, 11) is 0. The molecule has 0 unspecified atom stereocenters. The summed E-state index contributed by atoms with van der Waals surface area (Å²) < 4.78 is 57.6. The molecular formula is C13H13F4N3O2. The van der Waals surface area contributed by atoms with Crippen LogP contribution in [0.3, 0.4) is 0 Å². The molecule has 0 amide bonds. The van der Waals surface area contributed by atoms with Gasteiger partial charge in [-0.15, -0.1) is 0 Å². The first-order valence-electron chi connectivity index (χ1n) is 6.45. The fourth-order valence-corrected chi connectivity index (χ4v) is 2.13. The third-order valence-corrected chi connectivity index (χ3v) is 2.97. The lowest BCUT2D eigenvalue weighted by molar-refractivity contribution is -0.143. The number of carbonyl (C=O) groups excluding carboxylic acids is 1. The average Bonchev–Trinajstić information content (AvgIpc) is 2.74. The first kappa shape index (κ1) is 16.2. The molecule has 2 heterocycles. The predicted molar refractivity (Wildman–Crippen MR) is 68.8 cm³/mol. The molecule has 0 spiro atoms. The van der Waals surface area contributed by atoms with Gasteiger partial charge < -0.3 is 4.74 Å². The minimum atomic E-state index is -3.01. The fourth-order valence-electron chi connectivity index (χ4n) is 2.13. The van der Waals surface area contributed by atoms with E-state index in [0.717, 1.165) is 4.68 Å². The molecule has 0 fully saturated rings. The predicted octanol–water partition coefficient (Wildman–Crippen LogP) is 3.18. The van der Waals surface area contributed by atoms with E-state index >= 15 is 0 Å². The molecule has 22 heavy (non-hydrogen) atoms. The van der Waals surface area contributed by atoms with Crippen molar-refractivity contribution < 1.29 is 27.1 Å². The Morgan fingerprint density at radius 1 is 1.32 bits per heavy atom. The second kappa shape index (κ2) is 6.29. The van der Waals surface area contributed by atoms with Crippen LogP contribution >= 0.6 is 0 Å². The maximum Gasteiger partial charge on any atom is 0.327 e. The lowest BCUT2D eigenvalue weighted by atomic mass is 10.1. The summed E-state index contributed by atoms with van der Waals surface area (Å²) in [6, 6.07) is 0.668. The van der Waals surface area contributed by atoms with Crippen molar-refractivity contribution in [3.8, 4) is 0 Å². The van der Waals surface area contributed by atoms with Crippen molar-refractivity contribution in [3.63, 3.8) is 0 Å². The van der Waals surface area contributed by atoms with Crippen LogP contribution in [0.15, 0.2) is 6.07 Å². The molecular weight excluding hydrogens is 306 g/mol. The van der Waals surface area contributed by atoms with E-state index in [1.54, 1.807) is 6.92 Å². The average molecular weight is 319 g/mol. The number of halogens is 4. The van der Waals surface area contributed by atoms with E-state index in [9.17, 15) is 22.4 Å². The number of pyridine rings is 1. The second-order valence-corrected chi connectivity index (χ2v) is 4.48. The van der Waals surface area contributed by atoms with Gasteiger partial charge in [0.15, 0.2) is 5.65 Å². The Morgan fingerprint density at radius 2 is 2.00 bits per heavy atom. The maximum absolute atomic E-state index is 13.1. The topological polar surface area (TPSA) is 57.0 Å². The molecule has 5 nitrogen and oxygen atoms in total. The molecule has 0 radical (unpaired) electrons. The van der Waals surface area contributed by atoms with Gasteiger partial charge in [0.1, 0.15) is 12.2 Å². The van der Waals surface area contributed by atoms with Gasteiger partial charge in [0.25, 0.3) is 12.9 Å². The number of alkyl halides is 4. The molecule has 2 rings (SSSR count). The van der Waals surface area contributed by atoms with E-state index in [2.05, 4.69) is 10.1 Å². The van der Waals surface area contributed by atoms with Crippen LogP contribution in [0.25, 0.3) is 11.0 Å². The minimum absolute atomic E-state index is 0.0244. The van der Waals surface area contributed by atoms with Crippen molar-refractivity contribution in [1.82, 2.24) is 14.8 Å². The van der Waals surface area contributed by atoms with E-state index < -0.39 is 30.1 Å². The fraction of sp³-hybridized carbons (Fsp3) is 0.462. The van der Waals surface area contributed by atoms with Gasteiger partial charge in [-0.2, -0.15) is 5.10 Å². The van der Waals surface area contributed by atoms with E-state index in [1.165, 1.54) is 6.92 Å². The first-order chi connectivity index (χ1) is 10.3. The number of fused-ring (bicyclic) bond motifs is 1. The maximum atomic E-state index is 13.1. The van der Waals surface area contributed by atoms with Gasteiger partial charge in [-0.05, 0) is 19.9 Å². The van der Waals surface area contributed by atoms with Crippen LogP contribution in [0.4, 0.5) is 17.6 Å². The SMILES string of the molecule is CCOC(=O)Cn1nc(C)c2c(C(F)F)cc(C(F)F)nc21. The summed E-state index contributed by atoms with van der Waals surface area (Å²) in [5.41, 5.74) is -1.36. The lowest BCUT2D eigenvalue weighted by Crippen LogP contribution is -2.15. The Kier molecular flexibility index (Phi) is 4.62. The number of esters is 1. The highest BCUT2D eigenvalue weighted by molar-refractivity contribution is 5.84. The van der Waals surface area contributed by atoms with Crippen LogP contribution in [0.5, 0.6) is 0 Å². The number of nitrogens with zero attached hydrogens (tertiary/aromatic N) is 3. The van der Waals surface area contributed by atoms with Crippen molar-refractivity contribution >= 4 is 17.0 Å². The van der Waals surface area contributed by atoms with Crippen LogP contribution in [0, 0.1) is 6.92 Å². The summed E-state index contributed by atoms with van der Waals surface area (Å²) in [6.45, 7) is 2.79. The Morgan fingerprint density at radius 3 is 2.55 bits per heavy atom. The van der Waals surface area contributed by atoms with Gasteiger partial charge in [-0.3, -0.25) is 4.79 Å². The largest absolute Gasteiger partial charge is 0.465 e. The van der Waals surface area contributed by atoms with Gasteiger partial charge in [0.05, 0.1) is 17.7 Å². The summed E-state index contributed by atoms with van der Waals surface area (Å²) in [5.74, 6) is -0.658. The Hall–Kier alpha value is -2.19. The molecule has 2 aromatic rings. The Labute approximate surface area is 122 Å². The van der Waals surface area contributed by atoms with Gasteiger partial charge in [-0.1, -0.05) is 0 Å². The highest BCUT2D eigenvalue weighted by atomic mass is 19.3. The quantitative estimate of drug-likeness (QED) is 0.627. The summed E-state index contributed by atoms with van der Waals surface area (Å²) in [6.07, 6.45) is -5.96. The van der Waals surface area contributed by atoms with Crippen molar-refractivity contribution in [2.24, 2.45) is 0 Å². The Bertz CT molecular complexity index is 700. The molecule has 0 saturated heterocycles. The lowest BCUT2D eigenvalue weighted by Gasteiger charge is -2.07. The van der Waals surface area contributed by atoms with Crippen molar-refractivity contribution in [3.05, 3.63) is 23.0 Å². The van der Waals surface area contributed by atoms with Gasteiger partial charge in [-0.25, -0.2) is 27.2 Å². The third kappa shape index (κ3) is 3.02. The molecule has 2 aromatic heterocycles. The molecule has 0 saturated carbocycles. The van der Waals surface area contributed by atoms with Gasteiger partial charge >= 0.3 is 5.97 Å². The van der Waals surface area contributed by atoms with Crippen LogP contribution in [-0.2, 0) is 16.1 Å². The second-order valence-electron chi connectivity index (χ2n) is 4.48. The summed E-state index contributed by atoms with van der Waals surface area (Å²) in [4.78, 5) is 15.2. The monoisotopic (exact) mass is 319 g/mol. The van der Waals surface area contributed by atoms with E-state index in [0.29, 0.717) is 6.07 Å². The van der Waals surface area contributed by atoms with Gasteiger partial charge in [0.2, 0.25) is 0 Å². The molecule has 0 aliphatic carbocycles. The summed E-state index contributed by atoms with van der Waals surface area (Å²) >= 11 is 0. The number of aryl methyl sites for hydroxylation is 1. The first-order valence-corrected chi connectivity index (χ1v) is 6.45. The normalized spacial score (nSPS) is 11.6. The molecule has 0 bridgehead atoms. The zero-order chi connectivity index (χ0) is 16.4. The molecule has 0 atom stereocenters. The van der Waals surface area contributed by atoms with Crippen LogP contribution in [-0.4, -0.2) is 27.3 Å². The molecule has 9 heteroatoms. The summed E-state index contributed by atoms with van der Waals surface area (Å²) in [5, 5.41) is 3.91. The highest BCUT2D eigenvalue weighted by Crippen LogP contribution is 2.32. The van der Waals surface area contributed by atoms with Gasteiger partial charge in [0, 0.05) is 5.56 Å². The molecule has 120 valence electrons. The molecule has 0 aliphatic heterocycles. The van der Waals surface area contributed by atoms with E-state index in [-0.39, 0.29) is 29.9 Å². The van der Waals surface area contributed by atoms with Crippen molar-refractivity contribution in [2.45, 2.75) is 33.2 Å². The number of aromatic nitrogens is 3. The highest BCUT2D eigenvalue weighted by Gasteiger charge is 2.23. The number of carbonyl (C=O) groups is 1. The number of ether oxygens (including phenoxy) is 1.